The monoisotopic (exact) mass is 333 g/mol. The number of hydrogen-bond donors (Lipinski definition) is 0. The summed E-state index contributed by atoms with van der Waals surface area (Å²) in [6.07, 6.45) is 2.95. The van der Waals surface area contributed by atoms with Crippen LogP contribution in [-0.2, 0) is 22.5 Å². The maximum atomic E-state index is 9.65. The van der Waals surface area contributed by atoms with E-state index in [2.05, 4.69) is 24.8 Å². The second kappa shape index (κ2) is 7.08. The van der Waals surface area contributed by atoms with Crippen molar-refractivity contribution < 1.29 is 9.47 Å². The lowest BCUT2D eigenvalue weighted by Crippen LogP contribution is -2.39. The van der Waals surface area contributed by atoms with Crippen LogP contribution >= 0.6 is 11.8 Å². The number of ether oxygens (including phenoxy) is 2. The summed E-state index contributed by atoms with van der Waals surface area (Å²) in [5.41, 5.74) is 2.97. The van der Waals surface area contributed by atoms with E-state index in [9.17, 15) is 5.26 Å². The Balaban J connectivity index is 2.08. The molecule has 3 rings (SSSR count). The molecule has 0 bridgehead atoms. The number of aromatic nitrogens is 1. The highest BCUT2D eigenvalue weighted by atomic mass is 32.2. The van der Waals surface area contributed by atoms with Gasteiger partial charge < -0.3 is 14.4 Å². The van der Waals surface area contributed by atoms with Crippen molar-refractivity contribution in [3.8, 4) is 6.07 Å². The van der Waals surface area contributed by atoms with Crippen LogP contribution in [0.2, 0.25) is 0 Å². The van der Waals surface area contributed by atoms with Gasteiger partial charge in [0.1, 0.15) is 16.9 Å². The van der Waals surface area contributed by atoms with Gasteiger partial charge in [0, 0.05) is 25.1 Å². The molecule has 0 spiro atoms. The smallest absolute Gasteiger partial charge is 0.135 e. The van der Waals surface area contributed by atoms with Crippen LogP contribution in [0.4, 0.5) is 5.82 Å². The third kappa shape index (κ3) is 3.18. The van der Waals surface area contributed by atoms with Crippen LogP contribution < -0.4 is 4.90 Å². The molecule has 1 aromatic rings. The number of nitrogens with zero attached hydrogens (tertiary/aromatic N) is 3. The molecule has 6 heteroatoms. The number of fused-ring (bicyclic) bond motifs is 1. The Hall–Kier alpha value is -1.29. The lowest BCUT2D eigenvalue weighted by Gasteiger charge is -2.35. The molecule has 5 nitrogen and oxygen atoms in total. The van der Waals surface area contributed by atoms with Crippen molar-refractivity contribution >= 4 is 17.6 Å². The second-order valence-electron chi connectivity index (χ2n) is 6.29. The van der Waals surface area contributed by atoms with Gasteiger partial charge in [-0.25, -0.2) is 4.98 Å². The van der Waals surface area contributed by atoms with Crippen molar-refractivity contribution in [2.75, 3.05) is 37.5 Å². The Morgan fingerprint density at radius 1 is 1.30 bits per heavy atom. The predicted octanol–water partition coefficient (Wildman–Crippen LogP) is 2.61. The molecule has 23 heavy (non-hydrogen) atoms. The summed E-state index contributed by atoms with van der Waals surface area (Å²) in [7, 11) is 0. The van der Waals surface area contributed by atoms with E-state index in [0.717, 1.165) is 60.3 Å². The van der Waals surface area contributed by atoms with Gasteiger partial charge in [-0.15, -0.1) is 11.8 Å². The van der Waals surface area contributed by atoms with Gasteiger partial charge in [-0.2, -0.15) is 5.26 Å². The van der Waals surface area contributed by atoms with Gasteiger partial charge in [-0.3, -0.25) is 0 Å². The molecular weight excluding hydrogens is 310 g/mol. The molecule has 0 aromatic carbocycles. The fraction of sp³-hybridized carbons (Fsp3) is 0.647. The zero-order chi connectivity index (χ0) is 16.4. The van der Waals surface area contributed by atoms with Crippen LogP contribution in [0.1, 0.15) is 30.5 Å². The Kier molecular flexibility index (Phi) is 5.10. The average Bonchev–Trinajstić information content (AvgIpc) is 2.60. The highest BCUT2D eigenvalue weighted by Crippen LogP contribution is 2.36. The SMILES string of the molecule is CSc1nc(N2CCOCC2)c2c(c1C#N)C[C@@H](C(C)C)OC2. The van der Waals surface area contributed by atoms with E-state index in [1.807, 2.05) is 6.26 Å². The molecule has 1 fully saturated rings. The van der Waals surface area contributed by atoms with Crippen molar-refractivity contribution in [1.82, 2.24) is 4.98 Å². The predicted molar refractivity (Wildman–Crippen MR) is 90.9 cm³/mol. The fourth-order valence-electron chi connectivity index (χ4n) is 3.19. The molecule has 1 atom stereocenters. The average molecular weight is 333 g/mol. The molecule has 0 aliphatic carbocycles. The Labute approximate surface area is 142 Å². The number of hydrogen-bond acceptors (Lipinski definition) is 6. The van der Waals surface area contributed by atoms with Crippen LogP contribution in [0.5, 0.6) is 0 Å². The van der Waals surface area contributed by atoms with Crippen LogP contribution in [0.15, 0.2) is 5.03 Å². The van der Waals surface area contributed by atoms with Crippen molar-refractivity contribution in [2.24, 2.45) is 5.92 Å². The van der Waals surface area contributed by atoms with Gasteiger partial charge in [-0.05, 0) is 17.7 Å². The Morgan fingerprint density at radius 2 is 2.04 bits per heavy atom. The highest BCUT2D eigenvalue weighted by molar-refractivity contribution is 7.98. The second-order valence-corrected chi connectivity index (χ2v) is 7.08. The van der Waals surface area contributed by atoms with Gasteiger partial charge in [0.2, 0.25) is 0 Å². The summed E-state index contributed by atoms with van der Waals surface area (Å²) in [5, 5.41) is 10.5. The highest BCUT2D eigenvalue weighted by Gasteiger charge is 2.30. The van der Waals surface area contributed by atoms with E-state index in [1.165, 1.54) is 0 Å². The van der Waals surface area contributed by atoms with Crippen molar-refractivity contribution in [1.29, 1.82) is 5.26 Å². The molecule has 124 valence electrons. The van der Waals surface area contributed by atoms with E-state index in [-0.39, 0.29) is 6.10 Å². The molecule has 0 N–H and O–H groups in total. The summed E-state index contributed by atoms with van der Waals surface area (Å²) >= 11 is 1.55. The molecule has 0 unspecified atom stereocenters. The van der Waals surface area contributed by atoms with Crippen molar-refractivity contribution in [3.05, 3.63) is 16.7 Å². The first-order chi connectivity index (χ1) is 11.2. The van der Waals surface area contributed by atoms with Gasteiger partial charge in [0.05, 0.1) is 31.5 Å². The molecule has 0 amide bonds. The zero-order valence-electron chi connectivity index (χ0n) is 14.0. The topological polar surface area (TPSA) is 58.4 Å². The molecule has 1 saturated heterocycles. The molecule has 2 aliphatic heterocycles. The van der Waals surface area contributed by atoms with Gasteiger partial charge >= 0.3 is 0 Å². The van der Waals surface area contributed by atoms with E-state index in [4.69, 9.17) is 14.5 Å². The summed E-state index contributed by atoms with van der Waals surface area (Å²) in [4.78, 5) is 7.07. The van der Waals surface area contributed by atoms with Crippen LogP contribution in [0.25, 0.3) is 0 Å². The van der Waals surface area contributed by atoms with Gasteiger partial charge in [0.25, 0.3) is 0 Å². The fourth-order valence-corrected chi connectivity index (χ4v) is 3.74. The number of thioether (sulfide) groups is 1. The lowest BCUT2D eigenvalue weighted by atomic mass is 9.91. The Morgan fingerprint density at radius 3 is 2.65 bits per heavy atom. The number of rotatable bonds is 3. The van der Waals surface area contributed by atoms with E-state index >= 15 is 0 Å². The Bertz CT molecular complexity index is 621. The minimum Gasteiger partial charge on any atom is -0.378 e. The molecule has 1 aromatic heterocycles. The number of nitriles is 1. The summed E-state index contributed by atoms with van der Waals surface area (Å²) in [6, 6.07) is 2.38. The van der Waals surface area contributed by atoms with Gasteiger partial charge in [0.15, 0.2) is 0 Å². The first-order valence-electron chi connectivity index (χ1n) is 8.09. The maximum Gasteiger partial charge on any atom is 0.135 e. The van der Waals surface area contributed by atoms with Crippen molar-refractivity contribution in [3.63, 3.8) is 0 Å². The van der Waals surface area contributed by atoms with Crippen molar-refractivity contribution in [2.45, 2.75) is 38.0 Å². The summed E-state index contributed by atoms with van der Waals surface area (Å²) < 4.78 is 11.5. The normalized spacial score (nSPS) is 21.2. The number of morpholine rings is 1. The maximum absolute atomic E-state index is 9.65. The molecular formula is C17H23N3O2S. The number of pyridine rings is 1. The summed E-state index contributed by atoms with van der Waals surface area (Å²) in [5.74, 6) is 1.42. The van der Waals surface area contributed by atoms with Gasteiger partial charge in [-0.1, -0.05) is 13.8 Å². The summed E-state index contributed by atoms with van der Waals surface area (Å²) in [6.45, 7) is 8.00. The van der Waals surface area contributed by atoms with E-state index in [0.29, 0.717) is 12.5 Å². The third-order valence-corrected chi connectivity index (χ3v) is 5.25. The first-order valence-corrected chi connectivity index (χ1v) is 9.32. The minimum absolute atomic E-state index is 0.171. The van der Waals surface area contributed by atoms with E-state index in [1.54, 1.807) is 11.8 Å². The largest absolute Gasteiger partial charge is 0.378 e. The molecule has 3 heterocycles. The third-order valence-electron chi connectivity index (χ3n) is 4.56. The van der Waals surface area contributed by atoms with Crippen LogP contribution in [0, 0.1) is 17.2 Å². The molecule has 0 radical (unpaired) electrons. The zero-order valence-corrected chi connectivity index (χ0v) is 14.8. The van der Waals surface area contributed by atoms with Crippen LogP contribution in [-0.4, -0.2) is 43.6 Å². The lowest BCUT2D eigenvalue weighted by molar-refractivity contribution is -0.000574. The number of anilines is 1. The molecule has 0 saturated carbocycles. The minimum atomic E-state index is 0.171. The quantitative estimate of drug-likeness (QED) is 0.793. The van der Waals surface area contributed by atoms with Crippen LogP contribution in [0.3, 0.4) is 0 Å². The standard InChI is InChI=1S/C17H23N3O2S/c1-11(2)15-8-12-13(9-18)17(23-3)19-16(14(12)10-22-15)20-4-6-21-7-5-20/h11,15H,4-8,10H2,1-3H3/t15-/m0/s1. The first kappa shape index (κ1) is 16.6. The molecule has 2 aliphatic rings. The van der Waals surface area contributed by atoms with E-state index < -0.39 is 0 Å².